The lowest BCUT2D eigenvalue weighted by molar-refractivity contribution is -0.124. The molecule has 1 aliphatic rings. The summed E-state index contributed by atoms with van der Waals surface area (Å²) in [7, 11) is 0. The zero-order valence-corrected chi connectivity index (χ0v) is 11.2. The Bertz CT molecular complexity index is 462. The van der Waals surface area contributed by atoms with E-state index in [0.29, 0.717) is 0 Å². The van der Waals surface area contributed by atoms with Crippen LogP contribution in [0.4, 0.5) is 14.5 Å². The monoisotopic (exact) mass is 290 g/mol. The standard InChI is InChI=1S/C13H16F2N2O.ClH/c14-10-4-3-9(7-11(10)15)17-12(18)13(8-16)5-1-2-6-13;/h3-4,7H,1-2,5-6,8,16H2,(H,17,18);1H. The van der Waals surface area contributed by atoms with E-state index >= 15 is 0 Å². The Morgan fingerprint density at radius 3 is 2.42 bits per heavy atom. The maximum Gasteiger partial charge on any atom is 0.231 e. The summed E-state index contributed by atoms with van der Waals surface area (Å²) in [5.41, 5.74) is 5.39. The van der Waals surface area contributed by atoms with Crippen molar-refractivity contribution in [1.29, 1.82) is 0 Å². The van der Waals surface area contributed by atoms with Crippen LogP contribution in [0.2, 0.25) is 0 Å². The van der Waals surface area contributed by atoms with Gasteiger partial charge in [-0.2, -0.15) is 0 Å². The second-order valence-corrected chi connectivity index (χ2v) is 4.77. The highest BCUT2D eigenvalue weighted by molar-refractivity contribution is 5.95. The minimum absolute atomic E-state index is 0. The number of amides is 1. The molecule has 3 N–H and O–H groups in total. The first kappa shape index (κ1) is 15.9. The maximum atomic E-state index is 13.0. The molecule has 0 saturated heterocycles. The number of nitrogens with two attached hydrogens (primary N) is 1. The fourth-order valence-corrected chi connectivity index (χ4v) is 2.41. The zero-order chi connectivity index (χ0) is 13.2. The molecule has 0 aromatic heterocycles. The minimum atomic E-state index is -0.971. The summed E-state index contributed by atoms with van der Waals surface area (Å²) in [6.45, 7) is 0.280. The molecule has 0 unspecified atom stereocenters. The second-order valence-electron chi connectivity index (χ2n) is 4.77. The SMILES string of the molecule is Cl.NCC1(C(=O)Nc2ccc(F)c(F)c2)CCCC1. The van der Waals surface area contributed by atoms with Crippen molar-refractivity contribution in [2.24, 2.45) is 11.1 Å². The van der Waals surface area contributed by atoms with Crippen LogP contribution in [0.25, 0.3) is 0 Å². The van der Waals surface area contributed by atoms with Gasteiger partial charge >= 0.3 is 0 Å². The van der Waals surface area contributed by atoms with E-state index in [0.717, 1.165) is 37.8 Å². The number of benzene rings is 1. The predicted octanol–water partition coefficient (Wildman–Crippen LogP) is 2.84. The molecule has 3 nitrogen and oxygen atoms in total. The maximum absolute atomic E-state index is 13.0. The molecule has 1 amide bonds. The first-order valence-electron chi connectivity index (χ1n) is 6.04. The van der Waals surface area contributed by atoms with Gasteiger partial charge in [0, 0.05) is 18.3 Å². The molecule has 1 saturated carbocycles. The molecule has 106 valence electrons. The number of halogens is 3. The Kier molecular flexibility index (Phi) is 5.26. The second kappa shape index (κ2) is 6.30. The largest absolute Gasteiger partial charge is 0.329 e. The average Bonchev–Trinajstić information content (AvgIpc) is 2.84. The summed E-state index contributed by atoms with van der Waals surface area (Å²) in [4.78, 5) is 12.2. The van der Waals surface area contributed by atoms with Crippen LogP contribution in [0.5, 0.6) is 0 Å². The summed E-state index contributed by atoms with van der Waals surface area (Å²) >= 11 is 0. The molecule has 19 heavy (non-hydrogen) atoms. The molecular formula is C13H17ClF2N2O. The molecule has 1 aromatic rings. The number of hydrogen-bond donors (Lipinski definition) is 2. The van der Waals surface area contributed by atoms with Crippen LogP contribution in [0.1, 0.15) is 25.7 Å². The number of carbonyl (C=O) groups is 1. The number of hydrogen-bond acceptors (Lipinski definition) is 2. The van der Waals surface area contributed by atoms with E-state index in [4.69, 9.17) is 5.73 Å². The first-order chi connectivity index (χ1) is 8.57. The Morgan fingerprint density at radius 2 is 1.89 bits per heavy atom. The van der Waals surface area contributed by atoms with Crippen LogP contribution in [0, 0.1) is 17.0 Å². The highest BCUT2D eigenvalue weighted by atomic mass is 35.5. The van der Waals surface area contributed by atoms with Crippen molar-refractivity contribution in [3.8, 4) is 0 Å². The first-order valence-corrected chi connectivity index (χ1v) is 6.04. The van der Waals surface area contributed by atoms with Crippen LogP contribution < -0.4 is 11.1 Å². The fraction of sp³-hybridized carbons (Fsp3) is 0.462. The molecule has 0 radical (unpaired) electrons. The lowest BCUT2D eigenvalue weighted by Gasteiger charge is -2.25. The molecule has 0 spiro atoms. The third-order valence-corrected chi connectivity index (χ3v) is 3.61. The van der Waals surface area contributed by atoms with Gasteiger partial charge < -0.3 is 11.1 Å². The quantitative estimate of drug-likeness (QED) is 0.899. The number of carbonyl (C=O) groups excluding carboxylic acids is 1. The molecule has 1 aromatic carbocycles. The van der Waals surface area contributed by atoms with Crippen molar-refractivity contribution in [1.82, 2.24) is 0 Å². The summed E-state index contributed by atoms with van der Waals surface area (Å²) in [6, 6.07) is 3.32. The van der Waals surface area contributed by atoms with Gasteiger partial charge in [0.25, 0.3) is 0 Å². The Labute approximate surface area is 117 Å². The highest BCUT2D eigenvalue weighted by Crippen LogP contribution is 2.38. The minimum Gasteiger partial charge on any atom is -0.329 e. The van der Waals surface area contributed by atoms with Gasteiger partial charge in [0.1, 0.15) is 0 Å². The highest BCUT2D eigenvalue weighted by Gasteiger charge is 2.39. The van der Waals surface area contributed by atoms with Gasteiger partial charge in [-0.1, -0.05) is 12.8 Å². The normalized spacial score (nSPS) is 16.8. The lowest BCUT2D eigenvalue weighted by atomic mass is 9.85. The summed E-state index contributed by atoms with van der Waals surface area (Å²) in [5.74, 6) is -2.10. The summed E-state index contributed by atoms with van der Waals surface area (Å²) in [6.07, 6.45) is 3.45. The molecule has 0 aliphatic heterocycles. The van der Waals surface area contributed by atoms with E-state index < -0.39 is 17.0 Å². The van der Waals surface area contributed by atoms with E-state index in [9.17, 15) is 13.6 Å². The molecule has 0 heterocycles. The van der Waals surface area contributed by atoms with E-state index in [-0.39, 0.29) is 30.5 Å². The predicted molar refractivity (Wildman–Crippen MR) is 72.2 cm³/mol. The number of anilines is 1. The van der Waals surface area contributed by atoms with Crippen LogP contribution in [0.3, 0.4) is 0 Å². The topological polar surface area (TPSA) is 55.1 Å². The van der Waals surface area contributed by atoms with Gasteiger partial charge in [0.05, 0.1) is 5.41 Å². The van der Waals surface area contributed by atoms with Crippen molar-refractivity contribution < 1.29 is 13.6 Å². The number of nitrogens with one attached hydrogen (secondary N) is 1. The van der Waals surface area contributed by atoms with Gasteiger partial charge in [-0.25, -0.2) is 8.78 Å². The average molecular weight is 291 g/mol. The van der Waals surface area contributed by atoms with E-state index in [1.54, 1.807) is 0 Å². The zero-order valence-electron chi connectivity index (χ0n) is 10.4. The Morgan fingerprint density at radius 1 is 1.26 bits per heavy atom. The van der Waals surface area contributed by atoms with E-state index in [1.807, 2.05) is 0 Å². The van der Waals surface area contributed by atoms with Crippen molar-refractivity contribution in [2.45, 2.75) is 25.7 Å². The molecule has 0 atom stereocenters. The molecule has 0 bridgehead atoms. The summed E-state index contributed by atoms with van der Waals surface area (Å²) in [5, 5.41) is 2.62. The summed E-state index contributed by atoms with van der Waals surface area (Å²) < 4.78 is 25.8. The van der Waals surface area contributed by atoms with Gasteiger partial charge in [-0.3, -0.25) is 4.79 Å². The van der Waals surface area contributed by atoms with Crippen molar-refractivity contribution in [3.05, 3.63) is 29.8 Å². The third kappa shape index (κ3) is 3.22. The molecule has 1 fully saturated rings. The molecule has 6 heteroatoms. The Hall–Kier alpha value is -1.20. The molecule has 1 aliphatic carbocycles. The van der Waals surface area contributed by atoms with Crippen LogP contribution in [0.15, 0.2) is 18.2 Å². The van der Waals surface area contributed by atoms with Gasteiger partial charge in [-0.05, 0) is 25.0 Å². The van der Waals surface area contributed by atoms with E-state index in [1.165, 1.54) is 6.07 Å². The van der Waals surface area contributed by atoms with Crippen LogP contribution >= 0.6 is 12.4 Å². The number of rotatable bonds is 3. The van der Waals surface area contributed by atoms with Crippen molar-refractivity contribution in [3.63, 3.8) is 0 Å². The van der Waals surface area contributed by atoms with Crippen molar-refractivity contribution in [2.75, 3.05) is 11.9 Å². The van der Waals surface area contributed by atoms with Crippen LogP contribution in [-0.4, -0.2) is 12.5 Å². The lowest BCUT2D eigenvalue weighted by Crippen LogP contribution is -2.40. The molecular weight excluding hydrogens is 274 g/mol. The van der Waals surface area contributed by atoms with Gasteiger partial charge in [-0.15, -0.1) is 12.4 Å². The van der Waals surface area contributed by atoms with E-state index in [2.05, 4.69) is 5.32 Å². The Balaban J connectivity index is 0.00000180. The third-order valence-electron chi connectivity index (χ3n) is 3.61. The fourth-order valence-electron chi connectivity index (χ4n) is 2.41. The van der Waals surface area contributed by atoms with Gasteiger partial charge in [0.2, 0.25) is 5.91 Å². The smallest absolute Gasteiger partial charge is 0.231 e. The molecule has 2 rings (SSSR count). The van der Waals surface area contributed by atoms with Crippen molar-refractivity contribution >= 4 is 24.0 Å². The van der Waals surface area contributed by atoms with Crippen LogP contribution in [-0.2, 0) is 4.79 Å². The van der Waals surface area contributed by atoms with Gasteiger partial charge in [0.15, 0.2) is 11.6 Å².